The van der Waals surface area contributed by atoms with Gasteiger partial charge >= 0.3 is 5.97 Å². The predicted octanol–water partition coefficient (Wildman–Crippen LogP) is 1.01. The molecule has 2 N–H and O–H groups in total. The Morgan fingerprint density at radius 2 is 2.10 bits per heavy atom. The summed E-state index contributed by atoms with van der Waals surface area (Å²) in [4.78, 5) is 10.3. The Morgan fingerprint density at radius 3 is 2.30 bits per heavy atom. The van der Waals surface area contributed by atoms with Crippen molar-refractivity contribution in [3.63, 3.8) is 0 Å². The lowest BCUT2D eigenvalue weighted by Gasteiger charge is -1.94. The van der Waals surface area contributed by atoms with E-state index in [0.29, 0.717) is 5.57 Å². The van der Waals surface area contributed by atoms with Crippen LogP contribution in [0.3, 0.4) is 0 Å². The van der Waals surface area contributed by atoms with E-state index >= 15 is 0 Å². The summed E-state index contributed by atoms with van der Waals surface area (Å²) in [6, 6.07) is 0. The van der Waals surface area contributed by atoms with Crippen molar-refractivity contribution in [3.05, 3.63) is 35.6 Å². The molecule has 0 saturated carbocycles. The van der Waals surface area contributed by atoms with Crippen LogP contribution in [0.1, 0.15) is 0 Å². The summed E-state index contributed by atoms with van der Waals surface area (Å²) < 4.78 is 0. The van der Waals surface area contributed by atoms with Gasteiger partial charge in [0.1, 0.15) is 11.3 Å². The largest absolute Gasteiger partial charge is 0.507 e. The van der Waals surface area contributed by atoms with Crippen molar-refractivity contribution in [2.24, 2.45) is 0 Å². The topological polar surface area (TPSA) is 57.5 Å². The van der Waals surface area contributed by atoms with Crippen molar-refractivity contribution < 1.29 is 15.0 Å². The molecule has 0 aromatic heterocycles. The molecule has 10 heavy (non-hydrogen) atoms. The number of aliphatic carboxylic acids is 1. The molecular formula is C7H6O3. The fourth-order valence-corrected chi connectivity index (χ4v) is 0.758. The predicted molar refractivity (Wildman–Crippen MR) is 35.6 cm³/mol. The SMILES string of the molecule is C=C1C=CC(O)=C1C(=O)O. The van der Waals surface area contributed by atoms with Crippen LogP contribution in [0.5, 0.6) is 0 Å². The van der Waals surface area contributed by atoms with Crippen molar-refractivity contribution in [1.29, 1.82) is 0 Å². The molecule has 3 heteroatoms. The summed E-state index contributed by atoms with van der Waals surface area (Å²) >= 11 is 0. The first-order chi connectivity index (χ1) is 4.63. The fraction of sp³-hybridized carbons (Fsp3) is 0. The molecule has 1 aliphatic rings. The molecule has 0 atom stereocenters. The van der Waals surface area contributed by atoms with Crippen molar-refractivity contribution in [3.8, 4) is 0 Å². The Bertz CT molecular complexity index is 258. The van der Waals surface area contributed by atoms with E-state index in [1.165, 1.54) is 12.2 Å². The van der Waals surface area contributed by atoms with E-state index in [1.807, 2.05) is 0 Å². The molecule has 0 aliphatic heterocycles. The van der Waals surface area contributed by atoms with Gasteiger partial charge in [-0.3, -0.25) is 0 Å². The van der Waals surface area contributed by atoms with Crippen LogP contribution in [0.25, 0.3) is 0 Å². The lowest BCUT2D eigenvalue weighted by molar-refractivity contribution is -0.132. The number of carboxylic acid groups (broad SMARTS) is 1. The van der Waals surface area contributed by atoms with E-state index in [1.54, 1.807) is 0 Å². The van der Waals surface area contributed by atoms with Gasteiger partial charge in [-0.25, -0.2) is 4.79 Å². The Morgan fingerprint density at radius 1 is 1.50 bits per heavy atom. The molecule has 1 rings (SSSR count). The Balaban J connectivity index is 3.08. The van der Waals surface area contributed by atoms with E-state index in [9.17, 15) is 4.79 Å². The van der Waals surface area contributed by atoms with Gasteiger partial charge in [0.05, 0.1) is 0 Å². The molecular weight excluding hydrogens is 132 g/mol. The average Bonchev–Trinajstić information content (AvgIpc) is 2.11. The van der Waals surface area contributed by atoms with Gasteiger partial charge in [-0.1, -0.05) is 12.7 Å². The van der Waals surface area contributed by atoms with Crippen LogP contribution < -0.4 is 0 Å². The lowest BCUT2D eigenvalue weighted by atomic mass is 10.1. The molecule has 0 fully saturated rings. The zero-order valence-corrected chi connectivity index (χ0v) is 5.16. The molecule has 0 heterocycles. The van der Waals surface area contributed by atoms with Gasteiger partial charge in [-0.05, 0) is 11.6 Å². The summed E-state index contributed by atoms with van der Waals surface area (Å²) in [5, 5.41) is 17.3. The van der Waals surface area contributed by atoms with Gasteiger partial charge < -0.3 is 10.2 Å². The number of carboxylic acids is 1. The normalized spacial score (nSPS) is 16.6. The second-order valence-corrected chi connectivity index (χ2v) is 1.92. The van der Waals surface area contributed by atoms with Gasteiger partial charge in [0.25, 0.3) is 0 Å². The van der Waals surface area contributed by atoms with Gasteiger partial charge in [-0.2, -0.15) is 0 Å². The van der Waals surface area contributed by atoms with Crippen molar-refractivity contribution >= 4 is 5.97 Å². The fourth-order valence-electron chi connectivity index (χ4n) is 0.758. The second kappa shape index (κ2) is 2.02. The van der Waals surface area contributed by atoms with E-state index < -0.39 is 5.97 Å². The molecule has 0 spiro atoms. The zero-order chi connectivity index (χ0) is 7.72. The summed E-state index contributed by atoms with van der Waals surface area (Å²) in [5.41, 5.74) is 0.227. The quantitative estimate of drug-likeness (QED) is 0.568. The van der Waals surface area contributed by atoms with Crippen molar-refractivity contribution in [2.75, 3.05) is 0 Å². The highest BCUT2D eigenvalue weighted by Gasteiger charge is 2.18. The highest BCUT2D eigenvalue weighted by Crippen LogP contribution is 2.20. The molecule has 0 unspecified atom stereocenters. The molecule has 0 radical (unpaired) electrons. The first-order valence-corrected chi connectivity index (χ1v) is 2.67. The average molecular weight is 138 g/mol. The minimum absolute atomic E-state index is 0.111. The molecule has 0 bridgehead atoms. The minimum atomic E-state index is -1.15. The first kappa shape index (κ1) is 6.61. The van der Waals surface area contributed by atoms with Crippen molar-refractivity contribution in [1.82, 2.24) is 0 Å². The maximum Gasteiger partial charge on any atom is 0.340 e. The number of aliphatic hydroxyl groups excluding tert-OH is 1. The van der Waals surface area contributed by atoms with Crippen LogP contribution in [-0.2, 0) is 4.79 Å². The van der Waals surface area contributed by atoms with E-state index in [2.05, 4.69) is 6.58 Å². The third-order valence-corrected chi connectivity index (χ3v) is 1.23. The number of rotatable bonds is 1. The van der Waals surface area contributed by atoms with Crippen molar-refractivity contribution in [2.45, 2.75) is 0 Å². The summed E-state index contributed by atoms with van der Waals surface area (Å²) in [6.07, 6.45) is 2.77. The molecule has 0 aromatic carbocycles. The lowest BCUT2D eigenvalue weighted by Crippen LogP contribution is -2.01. The summed E-state index contributed by atoms with van der Waals surface area (Å²) in [5.74, 6) is -1.37. The van der Waals surface area contributed by atoms with Crippen LogP contribution >= 0.6 is 0 Å². The summed E-state index contributed by atoms with van der Waals surface area (Å²) in [6.45, 7) is 3.42. The molecule has 0 saturated heterocycles. The zero-order valence-electron chi connectivity index (χ0n) is 5.16. The van der Waals surface area contributed by atoms with Crippen LogP contribution in [0, 0.1) is 0 Å². The first-order valence-electron chi connectivity index (χ1n) is 2.67. The Kier molecular flexibility index (Phi) is 1.34. The van der Waals surface area contributed by atoms with Gasteiger partial charge in [0, 0.05) is 0 Å². The Labute approximate surface area is 57.6 Å². The standard InChI is InChI=1S/C7H6O3/c1-4-2-3-5(8)6(4)7(9)10/h2-3,8H,1H2,(H,9,10). The number of allylic oxidation sites excluding steroid dienone is 2. The molecule has 3 nitrogen and oxygen atoms in total. The smallest absolute Gasteiger partial charge is 0.340 e. The van der Waals surface area contributed by atoms with Gasteiger partial charge in [-0.15, -0.1) is 0 Å². The van der Waals surface area contributed by atoms with Crippen LogP contribution in [0.2, 0.25) is 0 Å². The third-order valence-electron chi connectivity index (χ3n) is 1.23. The molecule has 1 aliphatic carbocycles. The number of aliphatic hydroxyl groups is 1. The summed E-state index contributed by atoms with van der Waals surface area (Å²) in [7, 11) is 0. The van der Waals surface area contributed by atoms with E-state index in [0.717, 1.165) is 0 Å². The molecule has 0 amide bonds. The number of hydrogen-bond acceptors (Lipinski definition) is 2. The second-order valence-electron chi connectivity index (χ2n) is 1.92. The number of carbonyl (C=O) groups is 1. The number of hydrogen-bond donors (Lipinski definition) is 2. The maximum absolute atomic E-state index is 10.3. The van der Waals surface area contributed by atoms with E-state index in [4.69, 9.17) is 10.2 Å². The maximum atomic E-state index is 10.3. The minimum Gasteiger partial charge on any atom is -0.507 e. The Hall–Kier alpha value is -1.51. The van der Waals surface area contributed by atoms with E-state index in [-0.39, 0.29) is 11.3 Å². The highest BCUT2D eigenvalue weighted by molar-refractivity contribution is 5.95. The third kappa shape index (κ3) is 0.815. The van der Waals surface area contributed by atoms with Gasteiger partial charge in [0.2, 0.25) is 0 Å². The van der Waals surface area contributed by atoms with Crippen LogP contribution in [0.15, 0.2) is 35.6 Å². The molecule has 52 valence electrons. The highest BCUT2D eigenvalue weighted by atomic mass is 16.4. The molecule has 0 aromatic rings. The van der Waals surface area contributed by atoms with Gasteiger partial charge in [0.15, 0.2) is 0 Å². The van der Waals surface area contributed by atoms with Crippen LogP contribution in [-0.4, -0.2) is 16.2 Å². The van der Waals surface area contributed by atoms with Crippen LogP contribution in [0.4, 0.5) is 0 Å². The monoisotopic (exact) mass is 138 g/mol.